The second-order valence-corrected chi connectivity index (χ2v) is 6.88. The lowest BCUT2D eigenvalue weighted by Gasteiger charge is -2.11. The third-order valence-corrected chi connectivity index (χ3v) is 4.90. The Hall–Kier alpha value is -3.15. The van der Waals surface area contributed by atoms with Gasteiger partial charge in [0.1, 0.15) is 5.82 Å². The Balaban J connectivity index is 1.60. The number of hydrogen-bond acceptors (Lipinski definition) is 2. The van der Waals surface area contributed by atoms with Crippen LogP contribution in [-0.2, 0) is 17.6 Å². The Morgan fingerprint density at radius 2 is 1.85 bits per heavy atom. The lowest BCUT2D eigenvalue weighted by atomic mass is 9.95. The Labute approximate surface area is 156 Å². The van der Waals surface area contributed by atoms with Crippen molar-refractivity contribution >= 4 is 34.1 Å². The van der Waals surface area contributed by atoms with Crippen molar-refractivity contribution in [1.29, 1.82) is 0 Å². The summed E-state index contributed by atoms with van der Waals surface area (Å²) < 4.78 is 13.8. The van der Waals surface area contributed by atoms with Gasteiger partial charge in [0, 0.05) is 34.8 Å². The number of fused-ring (bicyclic) bond motifs is 3. The Morgan fingerprint density at radius 3 is 2.67 bits per heavy atom. The number of carbonyl (C=O) groups is 2. The normalized spacial score (nSPS) is 13.3. The molecule has 1 aliphatic carbocycles. The van der Waals surface area contributed by atoms with Gasteiger partial charge < -0.3 is 15.6 Å². The molecule has 3 N–H and O–H groups in total. The van der Waals surface area contributed by atoms with E-state index >= 15 is 0 Å². The maximum absolute atomic E-state index is 13.8. The van der Waals surface area contributed by atoms with Gasteiger partial charge in [-0.3, -0.25) is 9.59 Å². The van der Waals surface area contributed by atoms with Crippen LogP contribution in [0.1, 0.15) is 41.4 Å². The molecule has 0 saturated carbocycles. The Bertz CT molecular complexity index is 1060. The number of carbonyl (C=O) groups excluding carboxylic acids is 2. The summed E-state index contributed by atoms with van der Waals surface area (Å²) in [6.07, 6.45) is 4.43. The molecule has 1 aliphatic rings. The zero-order valence-corrected chi connectivity index (χ0v) is 15.0. The number of amides is 2. The molecule has 138 valence electrons. The molecule has 0 aliphatic heterocycles. The predicted molar refractivity (Wildman–Crippen MR) is 104 cm³/mol. The van der Waals surface area contributed by atoms with Crippen LogP contribution in [0, 0.1) is 5.82 Å². The van der Waals surface area contributed by atoms with Crippen LogP contribution >= 0.6 is 0 Å². The van der Waals surface area contributed by atoms with E-state index in [-0.39, 0.29) is 17.5 Å². The molecule has 2 aromatic carbocycles. The number of H-pyrrole nitrogens is 1. The van der Waals surface area contributed by atoms with Crippen molar-refractivity contribution in [3.8, 4) is 0 Å². The summed E-state index contributed by atoms with van der Waals surface area (Å²) in [6.45, 7) is 1.30. The van der Waals surface area contributed by atoms with Crippen molar-refractivity contribution in [2.75, 3.05) is 10.6 Å². The van der Waals surface area contributed by atoms with E-state index < -0.39 is 5.82 Å². The molecule has 3 aromatic rings. The predicted octanol–water partition coefficient (Wildman–Crippen LogP) is 4.40. The van der Waals surface area contributed by atoms with Crippen LogP contribution in [0.2, 0.25) is 0 Å². The van der Waals surface area contributed by atoms with E-state index in [1.54, 1.807) is 6.07 Å². The second-order valence-electron chi connectivity index (χ2n) is 6.88. The highest BCUT2D eigenvalue weighted by Gasteiger charge is 2.17. The fourth-order valence-corrected chi connectivity index (χ4v) is 3.64. The molecule has 0 bridgehead atoms. The van der Waals surface area contributed by atoms with E-state index in [0.29, 0.717) is 11.3 Å². The van der Waals surface area contributed by atoms with E-state index in [9.17, 15) is 14.0 Å². The molecule has 0 spiro atoms. The van der Waals surface area contributed by atoms with Gasteiger partial charge in [-0.1, -0.05) is 0 Å². The minimum Gasteiger partial charge on any atom is -0.358 e. The summed E-state index contributed by atoms with van der Waals surface area (Å²) in [5, 5.41) is 6.27. The summed E-state index contributed by atoms with van der Waals surface area (Å²) in [4.78, 5) is 27.3. The third kappa shape index (κ3) is 3.43. The van der Waals surface area contributed by atoms with Crippen molar-refractivity contribution in [3.05, 3.63) is 59.0 Å². The molecule has 4 rings (SSSR count). The molecular weight excluding hydrogens is 345 g/mol. The Kier molecular flexibility index (Phi) is 4.39. The topological polar surface area (TPSA) is 74.0 Å². The van der Waals surface area contributed by atoms with Gasteiger partial charge in [-0.2, -0.15) is 0 Å². The van der Waals surface area contributed by atoms with E-state index in [4.69, 9.17) is 0 Å². The summed E-state index contributed by atoms with van der Waals surface area (Å²) >= 11 is 0. The summed E-state index contributed by atoms with van der Waals surface area (Å²) in [5.41, 5.74) is 4.62. The standard InChI is InChI=1S/C21H20FN3O2/c1-12(26)23-20-11-14(7-8-17(20)22)24-21(27)13-6-9-19-16(10-13)15-4-2-3-5-18(15)25-19/h6-11,25H,2-5H2,1H3,(H,23,26)(H,24,27). The van der Waals surface area contributed by atoms with Crippen molar-refractivity contribution in [2.24, 2.45) is 0 Å². The molecule has 0 atom stereocenters. The highest BCUT2D eigenvalue weighted by Crippen LogP contribution is 2.30. The molecule has 5 nitrogen and oxygen atoms in total. The van der Waals surface area contributed by atoms with E-state index in [2.05, 4.69) is 15.6 Å². The van der Waals surface area contributed by atoms with Gasteiger partial charge in [0.15, 0.2) is 0 Å². The number of aromatic amines is 1. The molecule has 0 radical (unpaired) electrons. The third-order valence-electron chi connectivity index (χ3n) is 4.90. The monoisotopic (exact) mass is 365 g/mol. The molecule has 1 aromatic heterocycles. The van der Waals surface area contributed by atoms with Crippen molar-refractivity contribution < 1.29 is 14.0 Å². The van der Waals surface area contributed by atoms with E-state index in [0.717, 1.165) is 30.2 Å². The maximum Gasteiger partial charge on any atom is 0.255 e. The number of hydrogen-bond donors (Lipinski definition) is 3. The zero-order valence-electron chi connectivity index (χ0n) is 15.0. The number of aryl methyl sites for hydroxylation is 2. The fourth-order valence-electron chi connectivity index (χ4n) is 3.64. The molecule has 27 heavy (non-hydrogen) atoms. The number of halogens is 1. The number of benzene rings is 2. The lowest BCUT2D eigenvalue weighted by molar-refractivity contribution is -0.114. The number of nitrogens with one attached hydrogen (secondary N) is 3. The Morgan fingerprint density at radius 1 is 1.04 bits per heavy atom. The quantitative estimate of drug-likeness (QED) is 0.644. The second kappa shape index (κ2) is 6.87. The van der Waals surface area contributed by atoms with Crippen molar-refractivity contribution in [2.45, 2.75) is 32.6 Å². The highest BCUT2D eigenvalue weighted by molar-refractivity contribution is 6.07. The molecule has 2 amide bonds. The largest absolute Gasteiger partial charge is 0.358 e. The van der Waals surface area contributed by atoms with Crippen LogP contribution in [0.4, 0.5) is 15.8 Å². The smallest absolute Gasteiger partial charge is 0.255 e. The van der Waals surface area contributed by atoms with Gasteiger partial charge >= 0.3 is 0 Å². The average molecular weight is 365 g/mol. The molecule has 6 heteroatoms. The van der Waals surface area contributed by atoms with Crippen molar-refractivity contribution in [1.82, 2.24) is 4.98 Å². The first kappa shape index (κ1) is 17.3. The van der Waals surface area contributed by atoms with Crippen LogP contribution in [0.5, 0.6) is 0 Å². The average Bonchev–Trinajstić information content (AvgIpc) is 3.02. The summed E-state index contributed by atoms with van der Waals surface area (Å²) in [6, 6.07) is 9.70. The summed E-state index contributed by atoms with van der Waals surface area (Å²) in [7, 11) is 0. The van der Waals surface area contributed by atoms with Gasteiger partial charge in [-0.25, -0.2) is 4.39 Å². The molecule has 1 heterocycles. The van der Waals surface area contributed by atoms with E-state index in [1.807, 2.05) is 12.1 Å². The molecular formula is C21H20FN3O2. The SMILES string of the molecule is CC(=O)Nc1cc(NC(=O)c2ccc3[nH]c4c(c3c2)CCCC4)ccc1F. The first-order valence-corrected chi connectivity index (χ1v) is 9.03. The van der Waals surface area contributed by atoms with Gasteiger partial charge in [-0.15, -0.1) is 0 Å². The number of rotatable bonds is 3. The highest BCUT2D eigenvalue weighted by atomic mass is 19.1. The van der Waals surface area contributed by atoms with Crippen LogP contribution < -0.4 is 10.6 Å². The van der Waals surface area contributed by atoms with Crippen LogP contribution in [-0.4, -0.2) is 16.8 Å². The van der Waals surface area contributed by atoms with Crippen molar-refractivity contribution in [3.63, 3.8) is 0 Å². The molecule has 0 saturated heterocycles. The fraction of sp³-hybridized carbons (Fsp3) is 0.238. The van der Waals surface area contributed by atoms with Crippen LogP contribution in [0.25, 0.3) is 10.9 Å². The van der Waals surface area contributed by atoms with Gasteiger partial charge in [-0.05, 0) is 67.6 Å². The van der Waals surface area contributed by atoms with Gasteiger partial charge in [0.05, 0.1) is 5.69 Å². The summed E-state index contributed by atoms with van der Waals surface area (Å²) in [5.74, 6) is -1.20. The van der Waals surface area contributed by atoms with Gasteiger partial charge in [0.2, 0.25) is 5.91 Å². The van der Waals surface area contributed by atoms with Crippen LogP contribution in [0.3, 0.4) is 0 Å². The minimum absolute atomic E-state index is 0.0375. The number of aromatic nitrogens is 1. The number of anilines is 2. The van der Waals surface area contributed by atoms with Gasteiger partial charge in [0.25, 0.3) is 5.91 Å². The molecule has 0 fully saturated rings. The first-order valence-electron chi connectivity index (χ1n) is 9.03. The lowest BCUT2D eigenvalue weighted by Crippen LogP contribution is -2.13. The maximum atomic E-state index is 13.8. The minimum atomic E-state index is -0.552. The van der Waals surface area contributed by atoms with Crippen LogP contribution in [0.15, 0.2) is 36.4 Å². The van der Waals surface area contributed by atoms with E-state index in [1.165, 1.54) is 42.8 Å². The molecule has 0 unspecified atom stereocenters. The zero-order chi connectivity index (χ0) is 19.0. The first-order chi connectivity index (χ1) is 13.0.